The first kappa shape index (κ1) is 13.3. The fourth-order valence-corrected chi connectivity index (χ4v) is 1.89. The number of nitrogens with one attached hydrogen (secondary N) is 2. The minimum absolute atomic E-state index is 0.0358. The lowest BCUT2D eigenvalue weighted by atomic mass is 10.1. The highest BCUT2D eigenvalue weighted by Crippen LogP contribution is 2.07. The van der Waals surface area contributed by atoms with E-state index in [0.29, 0.717) is 0 Å². The summed E-state index contributed by atoms with van der Waals surface area (Å²) in [6.45, 7) is 8.20. The molecular weight excluding hydrogens is 202 g/mol. The van der Waals surface area contributed by atoms with Crippen molar-refractivity contribution >= 4 is 6.03 Å². The Kier molecular flexibility index (Phi) is 6.23. The third-order valence-corrected chi connectivity index (χ3v) is 3.15. The van der Waals surface area contributed by atoms with Crippen LogP contribution in [0.15, 0.2) is 0 Å². The number of likely N-dealkylation sites (tertiary alicyclic amines) is 1. The van der Waals surface area contributed by atoms with E-state index < -0.39 is 0 Å². The average molecular weight is 227 g/mol. The van der Waals surface area contributed by atoms with Gasteiger partial charge in [-0.1, -0.05) is 13.3 Å². The zero-order valence-corrected chi connectivity index (χ0v) is 10.6. The van der Waals surface area contributed by atoms with Crippen molar-refractivity contribution < 1.29 is 4.79 Å². The van der Waals surface area contributed by atoms with Crippen molar-refractivity contribution in [2.75, 3.05) is 26.2 Å². The average Bonchev–Trinajstić information content (AvgIpc) is 2.30. The number of nitrogens with zero attached hydrogens (tertiary/aromatic N) is 1. The molecule has 2 N–H and O–H groups in total. The topological polar surface area (TPSA) is 44.4 Å². The van der Waals surface area contributed by atoms with Gasteiger partial charge in [-0.25, -0.2) is 4.79 Å². The molecule has 1 rings (SSSR count). The summed E-state index contributed by atoms with van der Waals surface area (Å²) in [6, 6.07) is 0.223. The molecule has 0 radical (unpaired) electrons. The van der Waals surface area contributed by atoms with Crippen LogP contribution in [0.2, 0.25) is 0 Å². The number of piperidine rings is 1. The Balaban J connectivity index is 2.03. The van der Waals surface area contributed by atoms with Crippen molar-refractivity contribution in [1.29, 1.82) is 0 Å². The van der Waals surface area contributed by atoms with Crippen LogP contribution in [0.1, 0.15) is 39.5 Å². The van der Waals surface area contributed by atoms with Crippen molar-refractivity contribution in [3.8, 4) is 0 Å². The molecule has 1 heterocycles. The van der Waals surface area contributed by atoms with E-state index in [2.05, 4.69) is 22.5 Å². The van der Waals surface area contributed by atoms with Gasteiger partial charge in [0, 0.05) is 19.1 Å². The van der Waals surface area contributed by atoms with E-state index in [-0.39, 0.29) is 12.1 Å². The van der Waals surface area contributed by atoms with E-state index >= 15 is 0 Å². The number of carbonyl (C=O) groups is 1. The van der Waals surface area contributed by atoms with E-state index in [9.17, 15) is 4.79 Å². The van der Waals surface area contributed by atoms with Crippen LogP contribution in [0.3, 0.4) is 0 Å². The molecule has 0 aromatic heterocycles. The fraction of sp³-hybridized carbons (Fsp3) is 0.917. The normalized spacial score (nSPS) is 19.1. The first-order valence-electron chi connectivity index (χ1n) is 6.49. The molecule has 0 spiro atoms. The van der Waals surface area contributed by atoms with Gasteiger partial charge in [-0.05, 0) is 39.3 Å². The summed E-state index contributed by atoms with van der Waals surface area (Å²) in [6.07, 6.45) is 4.94. The molecule has 1 aliphatic heterocycles. The third-order valence-electron chi connectivity index (χ3n) is 3.15. The number of hydrogen-bond acceptors (Lipinski definition) is 2. The molecule has 0 aromatic rings. The van der Waals surface area contributed by atoms with Gasteiger partial charge in [0.25, 0.3) is 0 Å². The maximum absolute atomic E-state index is 11.4. The Morgan fingerprint density at radius 3 is 2.62 bits per heavy atom. The molecule has 1 aliphatic rings. The van der Waals surface area contributed by atoms with Gasteiger partial charge >= 0.3 is 6.03 Å². The van der Waals surface area contributed by atoms with Crippen molar-refractivity contribution in [1.82, 2.24) is 15.5 Å². The zero-order valence-electron chi connectivity index (χ0n) is 10.6. The van der Waals surface area contributed by atoms with Crippen molar-refractivity contribution in [2.24, 2.45) is 0 Å². The van der Waals surface area contributed by atoms with Gasteiger partial charge in [-0.3, -0.25) is 0 Å². The Labute approximate surface area is 98.8 Å². The molecule has 1 atom stereocenters. The minimum Gasteiger partial charge on any atom is -0.337 e. The summed E-state index contributed by atoms with van der Waals surface area (Å²) < 4.78 is 0. The van der Waals surface area contributed by atoms with Crippen LogP contribution >= 0.6 is 0 Å². The highest BCUT2D eigenvalue weighted by molar-refractivity contribution is 5.74. The second-order valence-electron chi connectivity index (χ2n) is 4.61. The van der Waals surface area contributed by atoms with Crippen LogP contribution in [0.5, 0.6) is 0 Å². The van der Waals surface area contributed by atoms with Crippen LogP contribution in [-0.4, -0.2) is 43.2 Å². The summed E-state index contributed by atoms with van der Waals surface area (Å²) in [5.74, 6) is 0. The summed E-state index contributed by atoms with van der Waals surface area (Å²) in [7, 11) is 0. The number of urea groups is 1. The number of hydrogen-bond donors (Lipinski definition) is 2. The maximum Gasteiger partial charge on any atom is 0.315 e. The molecule has 16 heavy (non-hydrogen) atoms. The molecule has 4 nitrogen and oxygen atoms in total. The standard InChI is InChI=1S/C12H25N3O/c1-3-11(2)14-12(16)13-7-10-15-8-5-4-6-9-15/h11H,3-10H2,1-2H3,(H2,13,14,16)/t11-/m1/s1. The fourth-order valence-electron chi connectivity index (χ4n) is 1.89. The van der Waals surface area contributed by atoms with Gasteiger partial charge in [0.15, 0.2) is 0 Å². The Bertz CT molecular complexity index is 202. The van der Waals surface area contributed by atoms with Crippen LogP contribution in [-0.2, 0) is 0 Å². The number of rotatable bonds is 5. The molecule has 4 heteroatoms. The smallest absolute Gasteiger partial charge is 0.315 e. The molecule has 1 fully saturated rings. The van der Waals surface area contributed by atoms with Crippen molar-refractivity contribution in [3.63, 3.8) is 0 Å². The van der Waals surface area contributed by atoms with Gasteiger partial charge in [0.05, 0.1) is 0 Å². The Morgan fingerprint density at radius 1 is 1.31 bits per heavy atom. The molecule has 0 bridgehead atoms. The first-order chi connectivity index (χ1) is 7.72. The van der Waals surface area contributed by atoms with Crippen molar-refractivity contribution in [2.45, 2.75) is 45.6 Å². The molecule has 0 saturated carbocycles. The molecule has 0 aliphatic carbocycles. The second kappa shape index (κ2) is 7.49. The third kappa shape index (κ3) is 5.35. The molecule has 1 saturated heterocycles. The first-order valence-corrected chi connectivity index (χ1v) is 6.49. The van der Waals surface area contributed by atoms with Gasteiger partial charge in [0.1, 0.15) is 0 Å². The Hall–Kier alpha value is -0.770. The van der Waals surface area contributed by atoms with E-state index in [1.165, 1.54) is 32.4 Å². The predicted molar refractivity (Wildman–Crippen MR) is 66.6 cm³/mol. The highest BCUT2D eigenvalue weighted by atomic mass is 16.2. The lowest BCUT2D eigenvalue weighted by molar-refractivity contribution is 0.219. The summed E-state index contributed by atoms with van der Waals surface area (Å²) >= 11 is 0. The molecule has 2 amide bonds. The lowest BCUT2D eigenvalue weighted by Gasteiger charge is -2.26. The second-order valence-corrected chi connectivity index (χ2v) is 4.61. The monoisotopic (exact) mass is 227 g/mol. The van der Waals surface area contributed by atoms with Gasteiger partial charge < -0.3 is 15.5 Å². The molecule has 0 unspecified atom stereocenters. The molecule has 0 aromatic carbocycles. The zero-order chi connectivity index (χ0) is 11.8. The maximum atomic E-state index is 11.4. The summed E-state index contributed by atoms with van der Waals surface area (Å²) in [4.78, 5) is 13.8. The van der Waals surface area contributed by atoms with Crippen LogP contribution in [0.25, 0.3) is 0 Å². The van der Waals surface area contributed by atoms with Crippen LogP contribution in [0, 0.1) is 0 Å². The largest absolute Gasteiger partial charge is 0.337 e. The predicted octanol–water partition coefficient (Wildman–Crippen LogP) is 1.57. The summed E-state index contributed by atoms with van der Waals surface area (Å²) in [5, 5.41) is 5.80. The van der Waals surface area contributed by atoms with Gasteiger partial charge in [-0.2, -0.15) is 0 Å². The van der Waals surface area contributed by atoms with Crippen LogP contribution in [0.4, 0.5) is 4.79 Å². The van der Waals surface area contributed by atoms with Gasteiger partial charge in [0.2, 0.25) is 0 Å². The van der Waals surface area contributed by atoms with E-state index in [0.717, 1.165) is 19.5 Å². The lowest BCUT2D eigenvalue weighted by Crippen LogP contribution is -2.44. The van der Waals surface area contributed by atoms with E-state index in [1.807, 2.05) is 6.92 Å². The Morgan fingerprint density at radius 2 is 2.00 bits per heavy atom. The SMILES string of the molecule is CC[C@@H](C)NC(=O)NCCN1CCCCC1. The van der Waals surface area contributed by atoms with Crippen molar-refractivity contribution in [3.05, 3.63) is 0 Å². The van der Waals surface area contributed by atoms with E-state index in [4.69, 9.17) is 0 Å². The van der Waals surface area contributed by atoms with E-state index in [1.54, 1.807) is 0 Å². The minimum atomic E-state index is -0.0358. The number of carbonyl (C=O) groups excluding carboxylic acids is 1. The number of amides is 2. The quantitative estimate of drug-likeness (QED) is 0.749. The van der Waals surface area contributed by atoms with Crippen LogP contribution < -0.4 is 10.6 Å². The molecule has 94 valence electrons. The molecular formula is C12H25N3O. The summed E-state index contributed by atoms with van der Waals surface area (Å²) in [5.41, 5.74) is 0. The highest BCUT2D eigenvalue weighted by Gasteiger charge is 2.10. The van der Waals surface area contributed by atoms with Gasteiger partial charge in [-0.15, -0.1) is 0 Å².